The van der Waals surface area contributed by atoms with Crippen molar-refractivity contribution in [3.05, 3.63) is 53.4 Å². The third kappa shape index (κ3) is 4.87. The number of halogens is 2. The molecule has 4 rings (SSSR count). The summed E-state index contributed by atoms with van der Waals surface area (Å²) >= 11 is 0. The van der Waals surface area contributed by atoms with Crippen LogP contribution in [0.25, 0.3) is 17.1 Å². The molecule has 3 heterocycles. The minimum atomic E-state index is -3.06. The Morgan fingerprint density at radius 1 is 1.27 bits per heavy atom. The number of ketones is 1. The Kier molecular flexibility index (Phi) is 6.15. The van der Waals surface area contributed by atoms with Crippen molar-refractivity contribution in [2.24, 2.45) is 0 Å². The van der Waals surface area contributed by atoms with E-state index in [0.29, 0.717) is 23.3 Å². The standard InChI is InChI=1S/C22H21F2N3O5S/c1-13-17-9-14(11-25-21(17)27(26-13)16-7-8-33(29,30)12-16)3-5-18(28)15-4-6-19(32-22(23)24)20(10-15)31-2/h3-6,9-11,16,22H,7-8,12H2,1-2H3/b5-3+/t16-/m0/s1. The lowest BCUT2D eigenvalue weighted by molar-refractivity contribution is -0.0512. The predicted molar refractivity (Wildman–Crippen MR) is 118 cm³/mol. The number of carbonyl (C=O) groups is 1. The maximum Gasteiger partial charge on any atom is 0.387 e. The van der Waals surface area contributed by atoms with Crippen molar-refractivity contribution in [2.45, 2.75) is 26.0 Å². The third-order valence-corrected chi connectivity index (χ3v) is 7.15. The molecule has 0 bridgehead atoms. The molecule has 2 aromatic heterocycles. The number of nitrogens with zero attached hydrogens (tertiary/aromatic N) is 3. The molecule has 174 valence electrons. The van der Waals surface area contributed by atoms with Gasteiger partial charge in [0.25, 0.3) is 0 Å². The molecule has 0 amide bonds. The van der Waals surface area contributed by atoms with Crippen molar-refractivity contribution in [3.8, 4) is 11.5 Å². The van der Waals surface area contributed by atoms with E-state index in [0.717, 1.165) is 5.39 Å². The van der Waals surface area contributed by atoms with Gasteiger partial charge in [0.2, 0.25) is 0 Å². The van der Waals surface area contributed by atoms with Crippen LogP contribution in [0.15, 0.2) is 36.5 Å². The number of sulfone groups is 1. The second-order valence-corrected chi connectivity index (χ2v) is 9.90. The fraction of sp³-hybridized carbons (Fsp3) is 0.318. The van der Waals surface area contributed by atoms with Gasteiger partial charge in [0, 0.05) is 17.1 Å². The number of pyridine rings is 1. The highest BCUT2D eigenvalue weighted by molar-refractivity contribution is 7.91. The largest absolute Gasteiger partial charge is 0.493 e. The first-order valence-corrected chi connectivity index (χ1v) is 11.9. The van der Waals surface area contributed by atoms with E-state index in [-0.39, 0.29) is 40.4 Å². The van der Waals surface area contributed by atoms with Crippen LogP contribution < -0.4 is 9.47 Å². The van der Waals surface area contributed by atoms with Crippen LogP contribution in [0, 0.1) is 6.92 Å². The van der Waals surface area contributed by atoms with E-state index in [1.165, 1.54) is 31.4 Å². The van der Waals surface area contributed by atoms with Crippen molar-refractivity contribution in [1.29, 1.82) is 0 Å². The first-order valence-electron chi connectivity index (χ1n) is 10.1. The third-order valence-electron chi connectivity index (χ3n) is 5.40. The number of rotatable bonds is 7. The van der Waals surface area contributed by atoms with Crippen LogP contribution in [-0.2, 0) is 9.84 Å². The molecule has 33 heavy (non-hydrogen) atoms. The molecule has 0 radical (unpaired) electrons. The molecule has 1 aliphatic rings. The summed E-state index contributed by atoms with van der Waals surface area (Å²) in [5.41, 5.74) is 2.20. The van der Waals surface area contributed by atoms with Gasteiger partial charge in [-0.05, 0) is 55.3 Å². The number of allylic oxidation sites excluding steroid dienone is 1. The SMILES string of the molecule is COc1cc(C(=O)/C=C/c2cnc3c(c2)c(C)nn3[C@H]2CCS(=O)(=O)C2)ccc1OC(F)F. The van der Waals surface area contributed by atoms with E-state index in [4.69, 9.17) is 4.74 Å². The Morgan fingerprint density at radius 2 is 2.06 bits per heavy atom. The number of aryl methyl sites for hydroxylation is 1. The van der Waals surface area contributed by atoms with Crippen LogP contribution in [0.3, 0.4) is 0 Å². The summed E-state index contributed by atoms with van der Waals surface area (Å²) in [5, 5.41) is 5.26. The van der Waals surface area contributed by atoms with Crippen molar-refractivity contribution >= 4 is 32.7 Å². The zero-order valence-corrected chi connectivity index (χ0v) is 18.7. The van der Waals surface area contributed by atoms with E-state index in [2.05, 4.69) is 14.8 Å². The van der Waals surface area contributed by atoms with Gasteiger partial charge in [-0.25, -0.2) is 18.1 Å². The molecule has 1 saturated heterocycles. The molecule has 1 aliphatic heterocycles. The summed E-state index contributed by atoms with van der Waals surface area (Å²) in [6, 6.07) is 5.54. The molecule has 0 N–H and O–H groups in total. The fourth-order valence-corrected chi connectivity index (χ4v) is 5.47. The minimum absolute atomic E-state index is 0.0228. The molecular weight excluding hydrogens is 456 g/mol. The first-order chi connectivity index (χ1) is 15.7. The van der Waals surface area contributed by atoms with Gasteiger partial charge in [0.15, 0.2) is 32.8 Å². The summed E-state index contributed by atoms with van der Waals surface area (Å²) in [6.07, 6.45) is 5.00. The predicted octanol–water partition coefficient (Wildman–Crippen LogP) is 3.61. The van der Waals surface area contributed by atoms with Crippen molar-refractivity contribution < 1.29 is 31.5 Å². The van der Waals surface area contributed by atoms with Gasteiger partial charge in [0.1, 0.15) is 0 Å². The summed E-state index contributed by atoms with van der Waals surface area (Å²) in [7, 11) is -1.77. The van der Waals surface area contributed by atoms with Gasteiger partial charge in [-0.1, -0.05) is 0 Å². The summed E-state index contributed by atoms with van der Waals surface area (Å²) in [4.78, 5) is 17.0. The van der Waals surface area contributed by atoms with Crippen LogP contribution in [0.5, 0.6) is 11.5 Å². The van der Waals surface area contributed by atoms with E-state index in [1.807, 2.05) is 13.0 Å². The molecule has 3 aromatic rings. The average molecular weight is 477 g/mol. The number of hydrogen-bond donors (Lipinski definition) is 0. The quantitative estimate of drug-likeness (QED) is 0.379. The van der Waals surface area contributed by atoms with Crippen LogP contribution in [0.2, 0.25) is 0 Å². The van der Waals surface area contributed by atoms with Gasteiger partial charge in [-0.2, -0.15) is 13.9 Å². The lowest BCUT2D eigenvalue weighted by Gasteiger charge is -2.10. The number of ether oxygens (including phenoxy) is 2. The van der Waals surface area contributed by atoms with E-state index >= 15 is 0 Å². The number of methoxy groups -OCH3 is 1. The van der Waals surface area contributed by atoms with Crippen molar-refractivity contribution in [2.75, 3.05) is 18.6 Å². The van der Waals surface area contributed by atoms with Crippen molar-refractivity contribution in [3.63, 3.8) is 0 Å². The molecule has 0 spiro atoms. The Balaban J connectivity index is 1.56. The van der Waals surface area contributed by atoms with Crippen LogP contribution in [-0.4, -0.2) is 54.2 Å². The smallest absolute Gasteiger partial charge is 0.387 e. The van der Waals surface area contributed by atoms with Gasteiger partial charge >= 0.3 is 6.61 Å². The second-order valence-electron chi connectivity index (χ2n) is 7.67. The minimum Gasteiger partial charge on any atom is -0.493 e. The van der Waals surface area contributed by atoms with E-state index in [1.54, 1.807) is 17.0 Å². The molecule has 1 aromatic carbocycles. The monoisotopic (exact) mass is 477 g/mol. The molecule has 1 fully saturated rings. The lowest BCUT2D eigenvalue weighted by Crippen LogP contribution is -2.13. The zero-order chi connectivity index (χ0) is 23.8. The van der Waals surface area contributed by atoms with Crippen LogP contribution >= 0.6 is 0 Å². The van der Waals surface area contributed by atoms with E-state index in [9.17, 15) is 22.0 Å². The number of benzene rings is 1. The Bertz CT molecular complexity index is 1350. The Morgan fingerprint density at radius 3 is 2.73 bits per heavy atom. The highest BCUT2D eigenvalue weighted by Crippen LogP contribution is 2.30. The molecule has 0 unspecified atom stereocenters. The Hall–Kier alpha value is -3.34. The second kappa shape index (κ2) is 8.89. The lowest BCUT2D eigenvalue weighted by atomic mass is 10.1. The molecule has 1 atom stereocenters. The van der Waals surface area contributed by atoms with Gasteiger partial charge in [-0.3, -0.25) is 4.79 Å². The molecule has 8 nitrogen and oxygen atoms in total. The van der Waals surface area contributed by atoms with Crippen molar-refractivity contribution in [1.82, 2.24) is 14.8 Å². The summed E-state index contributed by atoms with van der Waals surface area (Å²) < 4.78 is 59.7. The Labute approximate surface area is 188 Å². The normalized spacial score (nSPS) is 17.8. The maximum atomic E-state index is 12.6. The van der Waals surface area contributed by atoms with Crippen LogP contribution in [0.4, 0.5) is 8.78 Å². The highest BCUT2D eigenvalue weighted by atomic mass is 32.2. The molecule has 11 heteroatoms. The van der Waals surface area contributed by atoms with E-state index < -0.39 is 16.4 Å². The van der Waals surface area contributed by atoms with Crippen LogP contribution in [0.1, 0.15) is 34.1 Å². The number of aromatic nitrogens is 3. The molecular formula is C22H21F2N3O5S. The number of fused-ring (bicyclic) bond motifs is 1. The number of hydrogen-bond acceptors (Lipinski definition) is 7. The molecule has 0 aliphatic carbocycles. The van der Waals surface area contributed by atoms with Gasteiger partial charge in [0.05, 0.1) is 30.4 Å². The maximum absolute atomic E-state index is 12.6. The topological polar surface area (TPSA) is 100 Å². The van der Waals surface area contributed by atoms with Gasteiger partial charge in [-0.15, -0.1) is 0 Å². The number of carbonyl (C=O) groups excluding carboxylic acids is 1. The first kappa shape index (κ1) is 22.8. The zero-order valence-electron chi connectivity index (χ0n) is 17.9. The van der Waals surface area contributed by atoms with Gasteiger partial charge < -0.3 is 9.47 Å². The average Bonchev–Trinajstić information content (AvgIpc) is 3.30. The number of alkyl halides is 2. The fourth-order valence-electron chi connectivity index (χ4n) is 3.78. The molecule has 0 saturated carbocycles. The summed E-state index contributed by atoms with van der Waals surface area (Å²) in [6.45, 7) is -1.19. The highest BCUT2D eigenvalue weighted by Gasteiger charge is 2.31. The summed E-state index contributed by atoms with van der Waals surface area (Å²) in [5.74, 6) is -0.312.